The van der Waals surface area contributed by atoms with Crippen LogP contribution in [0.25, 0.3) is 0 Å². The topological polar surface area (TPSA) is 26.3 Å². The van der Waals surface area contributed by atoms with Crippen LogP contribution in [0.4, 0.5) is 0 Å². The van der Waals surface area contributed by atoms with Crippen LogP contribution < -0.4 is 0 Å². The number of carbonyl (C=O) groups excluding carboxylic acids is 1. The molecule has 0 aliphatic heterocycles. The summed E-state index contributed by atoms with van der Waals surface area (Å²) in [5.74, 6) is -0.229. The van der Waals surface area contributed by atoms with Crippen molar-refractivity contribution in [3.63, 3.8) is 0 Å². The second-order valence-corrected chi connectivity index (χ2v) is 2.43. The Balaban J connectivity index is 3.34. The molecular formula is C7H11ClO2. The van der Waals surface area contributed by atoms with Crippen LogP contribution in [0.15, 0.2) is 12.7 Å². The Morgan fingerprint density at radius 3 is 2.90 bits per heavy atom. The first-order valence-corrected chi connectivity index (χ1v) is 3.47. The molecule has 0 fully saturated rings. The lowest BCUT2D eigenvalue weighted by Crippen LogP contribution is -2.03. The molecule has 0 heterocycles. The van der Waals surface area contributed by atoms with Gasteiger partial charge in [0.1, 0.15) is 0 Å². The molecule has 0 amide bonds. The van der Waals surface area contributed by atoms with Crippen LogP contribution in [0.5, 0.6) is 0 Å². The van der Waals surface area contributed by atoms with E-state index in [1.807, 2.05) is 0 Å². The van der Waals surface area contributed by atoms with Gasteiger partial charge in [0.05, 0.1) is 12.5 Å². The van der Waals surface area contributed by atoms with Crippen LogP contribution in [0, 0.1) is 0 Å². The standard InChI is InChI=1S/C7H11ClO2/c1-3-6(8)4-5-7(9)10-2/h3,6H,1,4-5H2,2H3. The molecule has 1 unspecified atom stereocenters. The van der Waals surface area contributed by atoms with Crippen LogP contribution in [0.2, 0.25) is 0 Å². The van der Waals surface area contributed by atoms with Gasteiger partial charge in [-0.15, -0.1) is 18.2 Å². The maximum Gasteiger partial charge on any atom is 0.305 e. The smallest absolute Gasteiger partial charge is 0.305 e. The number of ether oxygens (including phenoxy) is 1. The fraction of sp³-hybridized carbons (Fsp3) is 0.571. The molecule has 0 saturated heterocycles. The minimum Gasteiger partial charge on any atom is -0.469 e. The summed E-state index contributed by atoms with van der Waals surface area (Å²) in [5, 5.41) is -0.126. The number of rotatable bonds is 4. The van der Waals surface area contributed by atoms with Crippen LogP contribution in [-0.2, 0) is 9.53 Å². The number of hydrogen-bond acceptors (Lipinski definition) is 2. The van der Waals surface area contributed by atoms with Gasteiger partial charge in [-0.2, -0.15) is 0 Å². The molecule has 10 heavy (non-hydrogen) atoms. The summed E-state index contributed by atoms with van der Waals surface area (Å²) in [6.07, 6.45) is 2.55. The number of esters is 1. The fourth-order valence-electron chi connectivity index (χ4n) is 0.476. The lowest BCUT2D eigenvalue weighted by molar-refractivity contribution is -0.140. The van der Waals surface area contributed by atoms with Crippen LogP contribution in [-0.4, -0.2) is 18.5 Å². The summed E-state index contributed by atoms with van der Waals surface area (Å²) in [4.78, 5) is 10.5. The van der Waals surface area contributed by atoms with Crippen molar-refractivity contribution in [2.45, 2.75) is 18.2 Å². The predicted octanol–water partition coefficient (Wildman–Crippen LogP) is 1.73. The second-order valence-electron chi connectivity index (χ2n) is 1.87. The van der Waals surface area contributed by atoms with Gasteiger partial charge in [0, 0.05) is 6.42 Å². The Labute approximate surface area is 65.8 Å². The third-order valence-corrected chi connectivity index (χ3v) is 1.50. The molecule has 0 aliphatic rings. The third-order valence-electron chi connectivity index (χ3n) is 1.11. The highest BCUT2D eigenvalue weighted by atomic mass is 35.5. The second kappa shape index (κ2) is 5.30. The first-order valence-electron chi connectivity index (χ1n) is 3.04. The summed E-state index contributed by atoms with van der Waals surface area (Å²) in [5.41, 5.74) is 0. The number of alkyl halides is 1. The first kappa shape index (κ1) is 9.50. The largest absolute Gasteiger partial charge is 0.469 e. The Morgan fingerprint density at radius 2 is 2.50 bits per heavy atom. The van der Waals surface area contributed by atoms with Crippen LogP contribution in [0.3, 0.4) is 0 Å². The molecule has 0 bridgehead atoms. The zero-order valence-corrected chi connectivity index (χ0v) is 6.73. The van der Waals surface area contributed by atoms with E-state index in [2.05, 4.69) is 11.3 Å². The van der Waals surface area contributed by atoms with E-state index in [4.69, 9.17) is 11.6 Å². The number of carbonyl (C=O) groups is 1. The van der Waals surface area contributed by atoms with E-state index >= 15 is 0 Å². The van der Waals surface area contributed by atoms with Gasteiger partial charge in [-0.25, -0.2) is 0 Å². The van der Waals surface area contributed by atoms with Gasteiger partial charge in [-0.1, -0.05) is 6.08 Å². The number of methoxy groups -OCH3 is 1. The highest BCUT2D eigenvalue weighted by molar-refractivity contribution is 6.21. The van der Waals surface area contributed by atoms with Crippen molar-refractivity contribution in [1.82, 2.24) is 0 Å². The quantitative estimate of drug-likeness (QED) is 0.358. The molecule has 0 N–H and O–H groups in total. The first-order chi connectivity index (χ1) is 4.70. The molecule has 0 saturated carbocycles. The van der Waals surface area contributed by atoms with Gasteiger partial charge in [-0.3, -0.25) is 4.79 Å². The van der Waals surface area contributed by atoms with Gasteiger partial charge >= 0.3 is 5.97 Å². The van der Waals surface area contributed by atoms with Crippen molar-refractivity contribution in [2.75, 3.05) is 7.11 Å². The average molecular weight is 163 g/mol. The fourth-order valence-corrected chi connectivity index (χ4v) is 0.585. The van der Waals surface area contributed by atoms with Crippen molar-refractivity contribution in [3.05, 3.63) is 12.7 Å². The lowest BCUT2D eigenvalue weighted by atomic mass is 10.2. The van der Waals surface area contributed by atoms with E-state index in [-0.39, 0.29) is 11.3 Å². The van der Waals surface area contributed by atoms with Gasteiger partial charge in [0.15, 0.2) is 0 Å². The Bertz CT molecular complexity index is 123. The predicted molar refractivity (Wildman–Crippen MR) is 41.1 cm³/mol. The van der Waals surface area contributed by atoms with E-state index < -0.39 is 0 Å². The van der Waals surface area contributed by atoms with Crippen molar-refractivity contribution in [1.29, 1.82) is 0 Å². The molecule has 0 spiro atoms. The minimum atomic E-state index is -0.229. The van der Waals surface area contributed by atoms with Crippen molar-refractivity contribution >= 4 is 17.6 Å². The minimum absolute atomic E-state index is 0.126. The van der Waals surface area contributed by atoms with Crippen LogP contribution >= 0.6 is 11.6 Å². The molecule has 0 aliphatic carbocycles. The van der Waals surface area contributed by atoms with Crippen molar-refractivity contribution < 1.29 is 9.53 Å². The Morgan fingerprint density at radius 1 is 1.90 bits per heavy atom. The van der Waals surface area contributed by atoms with Gasteiger partial charge in [0.2, 0.25) is 0 Å². The third kappa shape index (κ3) is 4.39. The maximum absolute atomic E-state index is 10.5. The maximum atomic E-state index is 10.5. The van der Waals surface area contributed by atoms with Gasteiger partial charge in [0.25, 0.3) is 0 Å². The zero-order valence-electron chi connectivity index (χ0n) is 5.97. The molecule has 0 radical (unpaired) electrons. The SMILES string of the molecule is C=CC(Cl)CCC(=O)OC. The molecule has 3 heteroatoms. The normalized spacial score (nSPS) is 12.2. The van der Waals surface area contributed by atoms with E-state index in [1.165, 1.54) is 7.11 Å². The number of halogens is 1. The number of allylic oxidation sites excluding steroid dienone is 1. The van der Waals surface area contributed by atoms with E-state index in [1.54, 1.807) is 6.08 Å². The Hall–Kier alpha value is -0.500. The van der Waals surface area contributed by atoms with E-state index in [0.717, 1.165) is 0 Å². The average Bonchev–Trinajstić information content (AvgIpc) is 1.99. The Kier molecular flexibility index (Phi) is 5.03. The summed E-state index contributed by atoms with van der Waals surface area (Å²) in [7, 11) is 1.36. The van der Waals surface area contributed by atoms with Gasteiger partial charge < -0.3 is 4.74 Å². The molecule has 1 atom stereocenters. The van der Waals surface area contributed by atoms with E-state index in [9.17, 15) is 4.79 Å². The highest BCUT2D eigenvalue weighted by Crippen LogP contribution is 2.06. The van der Waals surface area contributed by atoms with Crippen LogP contribution in [0.1, 0.15) is 12.8 Å². The van der Waals surface area contributed by atoms with E-state index in [0.29, 0.717) is 12.8 Å². The molecule has 0 aromatic rings. The summed E-state index contributed by atoms with van der Waals surface area (Å²) in [6.45, 7) is 3.48. The summed E-state index contributed by atoms with van der Waals surface area (Å²) < 4.78 is 4.41. The molecule has 0 aromatic heterocycles. The molecule has 2 nitrogen and oxygen atoms in total. The summed E-state index contributed by atoms with van der Waals surface area (Å²) >= 11 is 5.64. The molecule has 0 aromatic carbocycles. The highest BCUT2D eigenvalue weighted by Gasteiger charge is 2.03. The monoisotopic (exact) mass is 162 g/mol. The lowest BCUT2D eigenvalue weighted by Gasteiger charge is -2.00. The zero-order chi connectivity index (χ0) is 7.98. The van der Waals surface area contributed by atoms with Gasteiger partial charge in [-0.05, 0) is 6.42 Å². The van der Waals surface area contributed by atoms with Crippen molar-refractivity contribution in [2.24, 2.45) is 0 Å². The van der Waals surface area contributed by atoms with Crippen molar-refractivity contribution in [3.8, 4) is 0 Å². The summed E-state index contributed by atoms with van der Waals surface area (Å²) in [6, 6.07) is 0. The number of hydrogen-bond donors (Lipinski definition) is 0. The molecule has 0 rings (SSSR count). The molecule has 58 valence electrons. The molecular weight excluding hydrogens is 152 g/mol.